The van der Waals surface area contributed by atoms with E-state index in [0.29, 0.717) is 6.07 Å². The summed E-state index contributed by atoms with van der Waals surface area (Å²) in [5.41, 5.74) is -1.13. The molecule has 0 bridgehead atoms. The molecule has 126 valence electrons. The van der Waals surface area contributed by atoms with Crippen LogP contribution in [0.25, 0.3) is 0 Å². The van der Waals surface area contributed by atoms with E-state index in [1.807, 2.05) is 0 Å². The summed E-state index contributed by atoms with van der Waals surface area (Å²) in [6.45, 7) is 0.945. The Morgan fingerprint density at radius 3 is 2.57 bits per heavy atom. The van der Waals surface area contributed by atoms with E-state index in [1.165, 1.54) is 0 Å². The quantitative estimate of drug-likeness (QED) is 0.815. The Morgan fingerprint density at radius 2 is 2.00 bits per heavy atom. The molecule has 1 atom stereocenters. The molecule has 23 heavy (non-hydrogen) atoms. The Morgan fingerprint density at radius 1 is 1.30 bits per heavy atom. The van der Waals surface area contributed by atoms with Crippen molar-refractivity contribution in [3.8, 4) is 0 Å². The van der Waals surface area contributed by atoms with Gasteiger partial charge in [-0.25, -0.2) is 22.0 Å². The fourth-order valence-corrected chi connectivity index (χ4v) is 4.41. The highest BCUT2D eigenvalue weighted by Crippen LogP contribution is 2.22. The first kappa shape index (κ1) is 17.3. The number of hydrogen-bond donors (Lipinski definition) is 1. The van der Waals surface area contributed by atoms with Gasteiger partial charge >= 0.3 is 5.97 Å². The highest BCUT2D eigenvalue weighted by Gasteiger charge is 2.39. The molecule has 0 saturated carbocycles. The summed E-state index contributed by atoms with van der Waals surface area (Å²) in [7, 11) is -3.18. The van der Waals surface area contributed by atoms with Crippen LogP contribution in [0.15, 0.2) is 18.2 Å². The van der Waals surface area contributed by atoms with Gasteiger partial charge in [-0.2, -0.15) is 0 Å². The normalized spacial score (nSPS) is 22.6. The minimum absolute atomic E-state index is 0.0155. The standard InChI is InChI=1S/C14H15F2NO5S/c1-14(4-5-23(20,21)8-14)17-12(18)7-22-13(19)9-2-3-10(15)11(16)6-9/h2-3,6H,4-5,7-8H2,1H3,(H,17,18). The third-order valence-electron chi connectivity index (χ3n) is 3.43. The molecule has 1 unspecified atom stereocenters. The van der Waals surface area contributed by atoms with E-state index in [0.717, 1.165) is 12.1 Å². The highest BCUT2D eigenvalue weighted by atomic mass is 32.2. The van der Waals surface area contributed by atoms with Gasteiger partial charge in [0.25, 0.3) is 5.91 Å². The number of nitrogens with one attached hydrogen (secondary N) is 1. The van der Waals surface area contributed by atoms with Crippen molar-refractivity contribution >= 4 is 21.7 Å². The number of carbonyl (C=O) groups excluding carboxylic acids is 2. The van der Waals surface area contributed by atoms with Crippen LogP contribution in [0.2, 0.25) is 0 Å². The maximum atomic E-state index is 13.0. The summed E-state index contributed by atoms with van der Waals surface area (Å²) in [5, 5.41) is 2.51. The average molecular weight is 347 g/mol. The molecule has 9 heteroatoms. The number of esters is 1. The molecule has 1 aliphatic rings. The van der Waals surface area contributed by atoms with E-state index in [4.69, 9.17) is 4.74 Å². The second-order valence-corrected chi connectivity index (χ2v) is 7.84. The number of hydrogen-bond acceptors (Lipinski definition) is 5. The van der Waals surface area contributed by atoms with E-state index in [9.17, 15) is 26.8 Å². The van der Waals surface area contributed by atoms with Crippen molar-refractivity contribution in [2.75, 3.05) is 18.1 Å². The van der Waals surface area contributed by atoms with Crippen molar-refractivity contribution in [3.05, 3.63) is 35.4 Å². The van der Waals surface area contributed by atoms with Gasteiger partial charge < -0.3 is 10.1 Å². The van der Waals surface area contributed by atoms with E-state index < -0.39 is 45.5 Å². The fraction of sp³-hybridized carbons (Fsp3) is 0.429. The first-order chi connectivity index (χ1) is 10.6. The SMILES string of the molecule is CC1(NC(=O)COC(=O)c2ccc(F)c(F)c2)CCS(=O)(=O)C1. The summed E-state index contributed by atoms with van der Waals surface area (Å²) in [4.78, 5) is 23.4. The molecule has 1 aromatic rings. The van der Waals surface area contributed by atoms with Crippen molar-refractivity contribution in [2.45, 2.75) is 18.9 Å². The van der Waals surface area contributed by atoms with Gasteiger partial charge in [0.15, 0.2) is 28.1 Å². The van der Waals surface area contributed by atoms with Crippen molar-refractivity contribution in [2.24, 2.45) is 0 Å². The van der Waals surface area contributed by atoms with E-state index >= 15 is 0 Å². The number of halogens is 2. The monoisotopic (exact) mass is 347 g/mol. The van der Waals surface area contributed by atoms with Gasteiger partial charge in [0, 0.05) is 0 Å². The minimum atomic E-state index is -3.18. The maximum Gasteiger partial charge on any atom is 0.338 e. The lowest BCUT2D eigenvalue weighted by Crippen LogP contribution is -2.48. The third-order valence-corrected chi connectivity index (χ3v) is 5.34. The van der Waals surface area contributed by atoms with Gasteiger partial charge in [0.05, 0.1) is 22.6 Å². The number of carbonyl (C=O) groups is 2. The zero-order chi connectivity index (χ0) is 17.3. The smallest absolute Gasteiger partial charge is 0.338 e. The number of ether oxygens (including phenoxy) is 1. The van der Waals surface area contributed by atoms with Crippen LogP contribution in [0.3, 0.4) is 0 Å². The fourth-order valence-electron chi connectivity index (χ4n) is 2.32. The van der Waals surface area contributed by atoms with Gasteiger partial charge in [0.1, 0.15) is 0 Å². The molecule has 1 N–H and O–H groups in total. The van der Waals surface area contributed by atoms with Crippen LogP contribution in [-0.4, -0.2) is 43.9 Å². The van der Waals surface area contributed by atoms with Crippen LogP contribution in [0.1, 0.15) is 23.7 Å². The molecular weight excluding hydrogens is 332 g/mol. The van der Waals surface area contributed by atoms with Crippen LogP contribution >= 0.6 is 0 Å². The van der Waals surface area contributed by atoms with E-state index in [2.05, 4.69) is 5.32 Å². The van der Waals surface area contributed by atoms with Gasteiger partial charge in [-0.05, 0) is 31.5 Å². The van der Waals surface area contributed by atoms with Crippen LogP contribution in [0.4, 0.5) is 8.78 Å². The number of sulfone groups is 1. The molecule has 1 fully saturated rings. The highest BCUT2D eigenvalue weighted by molar-refractivity contribution is 7.91. The van der Waals surface area contributed by atoms with E-state index in [1.54, 1.807) is 6.92 Å². The van der Waals surface area contributed by atoms with E-state index in [-0.39, 0.29) is 23.5 Å². The summed E-state index contributed by atoms with van der Waals surface area (Å²) in [6, 6.07) is 2.47. The summed E-state index contributed by atoms with van der Waals surface area (Å²) in [6.07, 6.45) is 0.276. The molecular formula is C14H15F2NO5S. The lowest BCUT2D eigenvalue weighted by molar-refractivity contribution is -0.125. The largest absolute Gasteiger partial charge is 0.452 e. The van der Waals surface area contributed by atoms with Gasteiger partial charge in [-0.3, -0.25) is 4.79 Å². The molecule has 6 nitrogen and oxygen atoms in total. The van der Waals surface area contributed by atoms with Crippen LogP contribution in [-0.2, 0) is 19.4 Å². The number of rotatable bonds is 4. The Bertz CT molecular complexity index is 750. The van der Waals surface area contributed by atoms with Crippen LogP contribution < -0.4 is 5.32 Å². The first-order valence-corrected chi connectivity index (χ1v) is 8.56. The second-order valence-electron chi connectivity index (χ2n) is 5.66. The summed E-state index contributed by atoms with van der Waals surface area (Å²) >= 11 is 0. The summed E-state index contributed by atoms with van der Waals surface area (Å²) in [5.74, 6) is -4.15. The average Bonchev–Trinajstić information content (AvgIpc) is 2.72. The van der Waals surface area contributed by atoms with Crippen LogP contribution in [0, 0.1) is 11.6 Å². The van der Waals surface area contributed by atoms with Crippen molar-refractivity contribution in [1.29, 1.82) is 0 Å². The first-order valence-electron chi connectivity index (χ1n) is 6.74. The topological polar surface area (TPSA) is 89.5 Å². The van der Waals surface area contributed by atoms with Crippen molar-refractivity contribution in [1.82, 2.24) is 5.32 Å². The summed E-state index contributed by atoms with van der Waals surface area (Å²) < 4.78 is 53.4. The van der Waals surface area contributed by atoms with Crippen molar-refractivity contribution in [3.63, 3.8) is 0 Å². The Kier molecular flexibility index (Phi) is 4.69. The Hall–Kier alpha value is -2.03. The molecule has 0 radical (unpaired) electrons. The predicted molar refractivity (Wildman–Crippen MR) is 76.5 cm³/mol. The predicted octanol–water partition coefficient (Wildman–Crippen LogP) is 0.815. The van der Waals surface area contributed by atoms with Gasteiger partial charge in [-0.1, -0.05) is 0 Å². The minimum Gasteiger partial charge on any atom is -0.452 e. The molecule has 0 aromatic heterocycles. The molecule has 1 saturated heterocycles. The van der Waals surface area contributed by atoms with Gasteiger partial charge in [0.2, 0.25) is 0 Å². The number of amides is 1. The van der Waals surface area contributed by atoms with Crippen molar-refractivity contribution < 1.29 is 31.5 Å². The molecule has 1 amide bonds. The maximum absolute atomic E-state index is 13.0. The molecule has 2 rings (SSSR count). The molecule has 0 spiro atoms. The van der Waals surface area contributed by atoms with Gasteiger partial charge in [-0.15, -0.1) is 0 Å². The third kappa shape index (κ3) is 4.47. The zero-order valence-corrected chi connectivity index (χ0v) is 13.1. The van der Waals surface area contributed by atoms with Crippen LogP contribution in [0.5, 0.6) is 0 Å². The number of benzene rings is 1. The second kappa shape index (κ2) is 6.23. The lowest BCUT2D eigenvalue weighted by atomic mass is 10.0. The zero-order valence-electron chi connectivity index (χ0n) is 12.3. The Labute approximate surface area is 131 Å². The lowest BCUT2D eigenvalue weighted by Gasteiger charge is -2.23. The molecule has 1 heterocycles. The molecule has 1 aromatic carbocycles. The molecule has 1 aliphatic heterocycles. The Balaban J connectivity index is 1.89. The molecule has 0 aliphatic carbocycles.